The van der Waals surface area contributed by atoms with Gasteiger partial charge in [-0.1, -0.05) is 26.5 Å². The van der Waals surface area contributed by atoms with Gasteiger partial charge in [0.1, 0.15) is 28.9 Å². The number of carbonyl (C=O) groups excluding carboxylic acids is 1. The number of aryl methyl sites for hydroxylation is 1. The maximum atomic E-state index is 15.9. The summed E-state index contributed by atoms with van der Waals surface area (Å²) >= 11 is 0. The Morgan fingerprint density at radius 2 is 1.88 bits per heavy atom. The van der Waals surface area contributed by atoms with Crippen molar-refractivity contribution in [1.29, 1.82) is 0 Å². The molecule has 2 aliphatic rings. The zero-order chi connectivity index (χ0) is 30.5. The van der Waals surface area contributed by atoms with Crippen molar-refractivity contribution in [2.24, 2.45) is 4.99 Å². The van der Waals surface area contributed by atoms with E-state index in [2.05, 4.69) is 21.5 Å². The van der Waals surface area contributed by atoms with E-state index in [1.165, 1.54) is 29.2 Å². The number of amidine groups is 1. The van der Waals surface area contributed by atoms with Crippen LogP contribution < -0.4 is 4.90 Å². The first-order chi connectivity index (χ1) is 19.9. The molecule has 1 unspecified atom stereocenters. The van der Waals surface area contributed by atoms with Crippen LogP contribution in [0.5, 0.6) is 5.75 Å². The fraction of sp³-hybridized carbons (Fsp3) is 0.355. The number of anilines is 2. The van der Waals surface area contributed by atoms with E-state index in [1.54, 1.807) is 17.2 Å². The topological polar surface area (TPSA) is 105 Å². The van der Waals surface area contributed by atoms with E-state index in [4.69, 9.17) is 0 Å². The normalized spacial score (nSPS) is 20.5. The molecule has 3 atom stereocenters. The Hall–Kier alpha value is -4.38. The number of carbonyl (C=O) groups is 1. The molecule has 5 rings (SSSR count). The number of hydrogen-bond acceptors (Lipinski definition) is 8. The number of amides is 1. The molecule has 0 aliphatic carbocycles. The van der Waals surface area contributed by atoms with Crippen LogP contribution in [0.1, 0.15) is 50.4 Å². The summed E-state index contributed by atoms with van der Waals surface area (Å²) < 4.78 is 30.9. The number of rotatable bonds is 4. The van der Waals surface area contributed by atoms with Crippen molar-refractivity contribution in [3.63, 3.8) is 0 Å². The van der Waals surface area contributed by atoms with Crippen molar-refractivity contribution in [2.75, 3.05) is 18.0 Å². The monoisotopic (exact) mass is 576 g/mol. The fourth-order valence-corrected chi connectivity index (χ4v) is 5.70. The number of aliphatic hydroxyl groups is 1. The van der Waals surface area contributed by atoms with E-state index >= 15 is 4.39 Å². The van der Waals surface area contributed by atoms with E-state index in [0.29, 0.717) is 30.3 Å². The van der Waals surface area contributed by atoms with Gasteiger partial charge in [-0.2, -0.15) is 0 Å². The summed E-state index contributed by atoms with van der Waals surface area (Å²) in [6, 6.07) is 6.21. The minimum atomic E-state index is -1.48. The smallest absolute Gasteiger partial charge is 0.246 e. The molecule has 2 aromatic heterocycles. The zero-order valence-corrected chi connectivity index (χ0v) is 24.2. The van der Waals surface area contributed by atoms with Gasteiger partial charge in [-0.3, -0.25) is 14.7 Å². The van der Waals surface area contributed by atoms with E-state index in [9.17, 15) is 19.4 Å². The first-order valence-electron chi connectivity index (χ1n) is 13.8. The van der Waals surface area contributed by atoms with Gasteiger partial charge < -0.3 is 20.0 Å². The number of phenols is 1. The maximum Gasteiger partial charge on any atom is 0.246 e. The van der Waals surface area contributed by atoms with Crippen molar-refractivity contribution in [3.8, 4) is 17.0 Å². The fourth-order valence-electron chi connectivity index (χ4n) is 5.70. The molecular formula is C31H34F2N6O3. The lowest BCUT2D eigenvalue weighted by atomic mass is 10.0. The average molecular weight is 577 g/mol. The molecule has 3 aromatic rings. The number of aromatic nitrogens is 2. The third-order valence-corrected chi connectivity index (χ3v) is 7.78. The largest absolute Gasteiger partial charge is 0.507 e. The number of aliphatic imine (C=N–C) groups is 1. The Balaban J connectivity index is 1.74. The minimum absolute atomic E-state index is 0.0483. The van der Waals surface area contributed by atoms with Crippen LogP contribution in [0.4, 0.5) is 20.3 Å². The molecule has 42 heavy (non-hydrogen) atoms. The zero-order valence-electron chi connectivity index (χ0n) is 24.2. The lowest BCUT2D eigenvalue weighted by molar-refractivity contribution is -0.130. The van der Waals surface area contributed by atoms with Crippen molar-refractivity contribution in [2.45, 2.75) is 59.0 Å². The minimum Gasteiger partial charge on any atom is -0.507 e. The standard InChI is InChI=1S/C31H34F2N6O3/c1-7-24(41)37-14-19(6)38(15-18(37)5)29-20-13-22(33)27(25-21(32)9-8-10-23(25)40)35-30(20)39(31(42)36-29)28-17(4)11-12-34-26(28)16(2)3/h7-13,16,18-19,31,40,42H,1,14-15H2,2-6H3/t18-,19+,31?/m1/s1. The molecular weight excluding hydrogens is 542 g/mol. The van der Waals surface area contributed by atoms with Crippen LogP contribution in [-0.2, 0) is 4.79 Å². The van der Waals surface area contributed by atoms with Gasteiger partial charge in [0.2, 0.25) is 12.3 Å². The van der Waals surface area contributed by atoms with Crippen LogP contribution in [0.25, 0.3) is 11.3 Å². The number of aliphatic hydroxyl groups excluding tert-OH is 1. The first kappa shape index (κ1) is 29.1. The van der Waals surface area contributed by atoms with Gasteiger partial charge in [-0.25, -0.2) is 18.8 Å². The second kappa shape index (κ2) is 11.1. The summed E-state index contributed by atoms with van der Waals surface area (Å²) in [6.07, 6.45) is 1.46. The lowest BCUT2D eigenvalue weighted by Gasteiger charge is -2.47. The quantitative estimate of drug-likeness (QED) is 0.428. The Labute approximate surface area is 243 Å². The molecule has 1 aromatic carbocycles. The van der Waals surface area contributed by atoms with Gasteiger partial charge in [-0.05, 0) is 62.6 Å². The molecule has 2 aliphatic heterocycles. The Kier molecular flexibility index (Phi) is 7.72. The van der Waals surface area contributed by atoms with E-state index in [1.807, 2.05) is 39.5 Å². The van der Waals surface area contributed by atoms with Crippen LogP contribution in [0.2, 0.25) is 0 Å². The Morgan fingerprint density at radius 1 is 1.14 bits per heavy atom. The highest BCUT2D eigenvalue weighted by atomic mass is 19.1. The molecule has 11 heteroatoms. The van der Waals surface area contributed by atoms with Crippen LogP contribution in [0.3, 0.4) is 0 Å². The second-order valence-electron chi connectivity index (χ2n) is 11.1. The van der Waals surface area contributed by atoms with Crippen LogP contribution >= 0.6 is 0 Å². The van der Waals surface area contributed by atoms with Gasteiger partial charge in [0.25, 0.3) is 0 Å². The number of aromatic hydroxyl groups is 1. The van der Waals surface area contributed by atoms with Crippen LogP contribution in [-0.4, -0.2) is 73.2 Å². The summed E-state index contributed by atoms with van der Waals surface area (Å²) in [5, 5.41) is 22.1. The highest BCUT2D eigenvalue weighted by Gasteiger charge is 2.40. The summed E-state index contributed by atoms with van der Waals surface area (Å²) in [5.74, 6) is -2.00. The van der Waals surface area contributed by atoms with Gasteiger partial charge in [0.15, 0.2) is 5.82 Å². The number of hydrogen-bond donors (Lipinski definition) is 2. The van der Waals surface area contributed by atoms with Gasteiger partial charge >= 0.3 is 0 Å². The molecule has 220 valence electrons. The SMILES string of the molecule is C=CC(=O)N1C[C@H](C)N(C2=NC(O)N(c3c(C)ccnc3C(C)C)c3nc(-c4c(O)cccc4F)c(F)cc32)C[C@H]1C. The number of halogens is 2. The summed E-state index contributed by atoms with van der Waals surface area (Å²) in [4.78, 5) is 31.3. The van der Waals surface area contributed by atoms with E-state index in [-0.39, 0.29) is 40.9 Å². The highest BCUT2D eigenvalue weighted by Crippen LogP contribution is 2.42. The highest BCUT2D eigenvalue weighted by molar-refractivity contribution is 6.06. The third kappa shape index (κ3) is 4.87. The predicted octanol–water partition coefficient (Wildman–Crippen LogP) is 4.84. The third-order valence-electron chi connectivity index (χ3n) is 7.78. The maximum absolute atomic E-state index is 15.9. The van der Waals surface area contributed by atoms with Gasteiger partial charge in [0.05, 0.1) is 22.5 Å². The predicted molar refractivity (Wildman–Crippen MR) is 157 cm³/mol. The molecule has 0 spiro atoms. The molecule has 1 saturated heterocycles. The molecule has 0 bridgehead atoms. The number of pyridine rings is 2. The summed E-state index contributed by atoms with van der Waals surface area (Å²) in [7, 11) is 0. The van der Waals surface area contributed by atoms with Crippen LogP contribution in [0.15, 0.2) is 54.2 Å². The number of piperazine rings is 1. The number of fused-ring (bicyclic) bond motifs is 1. The lowest BCUT2D eigenvalue weighted by Crippen LogP contribution is -2.60. The van der Waals surface area contributed by atoms with Crippen molar-refractivity contribution < 1.29 is 23.8 Å². The second-order valence-corrected chi connectivity index (χ2v) is 11.1. The van der Waals surface area contributed by atoms with Crippen molar-refractivity contribution in [3.05, 3.63) is 77.6 Å². The Morgan fingerprint density at radius 3 is 2.55 bits per heavy atom. The van der Waals surface area contributed by atoms with Crippen molar-refractivity contribution in [1.82, 2.24) is 19.8 Å². The van der Waals surface area contributed by atoms with E-state index < -0.39 is 29.4 Å². The molecule has 9 nitrogen and oxygen atoms in total. The van der Waals surface area contributed by atoms with Gasteiger partial charge in [-0.15, -0.1) is 0 Å². The molecule has 0 radical (unpaired) electrons. The Bertz CT molecular complexity index is 1570. The molecule has 4 heterocycles. The molecule has 1 amide bonds. The van der Waals surface area contributed by atoms with Gasteiger partial charge in [0, 0.05) is 31.4 Å². The van der Waals surface area contributed by atoms with Crippen LogP contribution in [0, 0.1) is 18.6 Å². The number of phenolic OH excluding ortho intramolecular Hbond substituents is 1. The molecule has 2 N–H and O–H groups in total. The molecule has 0 saturated carbocycles. The summed E-state index contributed by atoms with van der Waals surface area (Å²) in [6.45, 7) is 13.9. The number of nitrogens with zero attached hydrogens (tertiary/aromatic N) is 6. The first-order valence-corrected chi connectivity index (χ1v) is 13.8. The molecule has 1 fully saturated rings. The number of benzene rings is 1. The van der Waals surface area contributed by atoms with Crippen molar-refractivity contribution >= 4 is 23.2 Å². The van der Waals surface area contributed by atoms with E-state index in [0.717, 1.165) is 11.6 Å². The summed E-state index contributed by atoms with van der Waals surface area (Å²) in [5.41, 5.74) is 1.48. The average Bonchev–Trinajstić information content (AvgIpc) is 2.94.